The van der Waals surface area contributed by atoms with Gasteiger partial charge < -0.3 is 15.0 Å². The molecule has 2 amide bonds. The molecule has 0 unspecified atom stereocenters. The van der Waals surface area contributed by atoms with E-state index < -0.39 is 0 Å². The third-order valence-corrected chi connectivity index (χ3v) is 4.10. The van der Waals surface area contributed by atoms with Gasteiger partial charge in [-0.1, -0.05) is 29.8 Å². The summed E-state index contributed by atoms with van der Waals surface area (Å²) in [4.78, 5) is 25.4. The van der Waals surface area contributed by atoms with E-state index in [0.717, 1.165) is 0 Å². The van der Waals surface area contributed by atoms with Gasteiger partial charge in [-0.15, -0.1) is 0 Å². The summed E-state index contributed by atoms with van der Waals surface area (Å²) in [5.41, 5.74) is 1.02. The Morgan fingerprint density at radius 1 is 1.23 bits per heavy atom. The largest absolute Gasteiger partial charge is 0.495 e. The van der Waals surface area contributed by atoms with Crippen molar-refractivity contribution in [1.29, 1.82) is 0 Å². The van der Waals surface area contributed by atoms with Crippen molar-refractivity contribution in [1.82, 2.24) is 5.32 Å². The van der Waals surface area contributed by atoms with Crippen molar-refractivity contribution >= 4 is 29.1 Å². The molecule has 0 aromatic heterocycles. The lowest BCUT2D eigenvalue weighted by atomic mass is 10.1. The van der Waals surface area contributed by atoms with E-state index in [2.05, 4.69) is 5.32 Å². The van der Waals surface area contributed by atoms with Crippen molar-refractivity contribution in [2.75, 3.05) is 25.1 Å². The monoisotopic (exact) mass is 378 g/mol. The number of halogens is 2. The highest BCUT2D eigenvalue weighted by Gasteiger charge is 2.17. The lowest BCUT2D eigenvalue weighted by Gasteiger charge is -2.21. The second-order valence-corrected chi connectivity index (χ2v) is 6.02. The summed E-state index contributed by atoms with van der Waals surface area (Å²) in [6.45, 7) is 1.48. The topological polar surface area (TPSA) is 58.6 Å². The van der Waals surface area contributed by atoms with Gasteiger partial charge in [0, 0.05) is 19.2 Å². The van der Waals surface area contributed by atoms with Crippen molar-refractivity contribution < 1.29 is 18.7 Å². The van der Waals surface area contributed by atoms with E-state index in [9.17, 15) is 14.0 Å². The van der Waals surface area contributed by atoms with Crippen LogP contribution in [0.3, 0.4) is 0 Å². The Hall–Kier alpha value is -2.60. The van der Waals surface area contributed by atoms with Crippen LogP contribution in [0.15, 0.2) is 42.5 Å². The first-order valence-corrected chi connectivity index (χ1v) is 8.42. The summed E-state index contributed by atoms with van der Waals surface area (Å²) in [5, 5.41) is 3.04. The highest BCUT2D eigenvalue weighted by Crippen LogP contribution is 2.29. The predicted octanol–water partition coefficient (Wildman–Crippen LogP) is 3.20. The van der Waals surface area contributed by atoms with Crippen LogP contribution in [0.25, 0.3) is 0 Å². The maximum Gasteiger partial charge on any atom is 0.240 e. The average molecular weight is 379 g/mol. The third kappa shape index (κ3) is 5.20. The number of rotatable bonds is 7. The molecule has 0 saturated carbocycles. The Labute approximate surface area is 156 Å². The second kappa shape index (κ2) is 9.20. The minimum atomic E-state index is -0.344. The minimum absolute atomic E-state index is 0.157. The number of amides is 2. The molecule has 0 aliphatic heterocycles. The smallest absolute Gasteiger partial charge is 0.240 e. The summed E-state index contributed by atoms with van der Waals surface area (Å²) in [5.74, 6) is -0.466. The van der Waals surface area contributed by atoms with Crippen LogP contribution >= 0.6 is 11.6 Å². The molecule has 138 valence electrons. The van der Waals surface area contributed by atoms with Gasteiger partial charge in [-0.2, -0.15) is 0 Å². The number of carbonyl (C=O) groups is 2. The normalized spacial score (nSPS) is 10.3. The molecule has 0 heterocycles. The van der Waals surface area contributed by atoms with Gasteiger partial charge >= 0.3 is 0 Å². The SMILES string of the molecule is COc1ccc(N(CC(=O)NCCc2ccccc2F)C(C)=O)cc1Cl. The molecule has 0 aliphatic rings. The van der Waals surface area contributed by atoms with Crippen molar-refractivity contribution in [3.63, 3.8) is 0 Å². The Bertz CT molecular complexity index is 798. The number of hydrogen-bond donors (Lipinski definition) is 1. The Kier molecular flexibility index (Phi) is 6.97. The van der Waals surface area contributed by atoms with Crippen LogP contribution in [0.4, 0.5) is 10.1 Å². The number of anilines is 1. The van der Waals surface area contributed by atoms with E-state index in [-0.39, 0.29) is 30.7 Å². The average Bonchev–Trinajstić information content (AvgIpc) is 2.61. The number of nitrogens with zero attached hydrogens (tertiary/aromatic N) is 1. The van der Waals surface area contributed by atoms with Crippen LogP contribution in [-0.4, -0.2) is 32.0 Å². The first-order valence-electron chi connectivity index (χ1n) is 8.04. The molecule has 0 bridgehead atoms. The van der Waals surface area contributed by atoms with Gasteiger partial charge in [0.15, 0.2) is 0 Å². The highest BCUT2D eigenvalue weighted by atomic mass is 35.5. The minimum Gasteiger partial charge on any atom is -0.495 e. The Morgan fingerprint density at radius 3 is 2.58 bits per heavy atom. The van der Waals surface area contributed by atoms with Crippen molar-refractivity contribution in [2.24, 2.45) is 0 Å². The fraction of sp³-hybridized carbons (Fsp3) is 0.263. The molecule has 2 rings (SSSR count). The fourth-order valence-electron chi connectivity index (χ4n) is 2.44. The molecular weight excluding hydrogens is 359 g/mol. The molecule has 0 radical (unpaired) electrons. The molecular formula is C19H20ClFN2O3. The second-order valence-electron chi connectivity index (χ2n) is 5.62. The van der Waals surface area contributed by atoms with E-state index in [4.69, 9.17) is 16.3 Å². The maximum absolute atomic E-state index is 13.6. The molecule has 5 nitrogen and oxygen atoms in total. The van der Waals surface area contributed by atoms with E-state index in [1.165, 1.54) is 25.0 Å². The number of hydrogen-bond acceptors (Lipinski definition) is 3. The molecule has 0 aliphatic carbocycles. The number of ether oxygens (including phenoxy) is 1. The van der Waals surface area contributed by atoms with Crippen molar-refractivity contribution in [3.8, 4) is 5.75 Å². The Balaban J connectivity index is 1.97. The van der Waals surface area contributed by atoms with Crippen LogP contribution < -0.4 is 15.0 Å². The summed E-state index contributed by atoms with van der Waals surface area (Å²) < 4.78 is 18.6. The zero-order chi connectivity index (χ0) is 19.1. The quantitative estimate of drug-likeness (QED) is 0.805. The van der Waals surface area contributed by atoms with Gasteiger partial charge in [-0.25, -0.2) is 4.39 Å². The summed E-state index contributed by atoms with van der Waals surface area (Å²) in [6, 6.07) is 11.2. The lowest BCUT2D eigenvalue weighted by molar-refractivity contribution is -0.123. The maximum atomic E-state index is 13.6. The first kappa shape index (κ1) is 19.7. The zero-order valence-electron chi connectivity index (χ0n) is 14.6. The van der Waals surface area contributed by atoms with Gasteiger partial charge in [0.05, 0.1) is 12.1 Å². The van der Waals surface area contributed by atoms with Crippen LogP contribution in [0, 0.1) is 5.82 Å². The first-order chi connectivity index (χ1) is 12.4. The van der Waals surface area contributed by atoms with Crippen LogP contribution in [0.5, 0.6) is 5.75 Å². The van der Waals surface area contributed by atoms with E-state index in [0.29, 0.717) is 28.4 Å². The molecule has 2 aromatic rings. The standard InChI is InChI=1S/C19H20ClFN2O3/c1-13(24)23(15-7-8-18(26-2)16(20)11-15)12-19(25)22-10-9-14-5-3-4-6-17(14)21/h3-8,11H,9-10,12H2,1-2H3,(H,22,25). The molecule has 1 N–H and O–H groups in total. The molecule has 0 fully saturated rings. The van der Waals surface area contributed by atoms with Crippen molar-refractivity contribution in [2.45, 2.75) is 13.3 Å². The molecule has 0 saturated heterocycles. The van der Waals surface area contributed by atoms with Crippen LogP contribution in [0.2, 0.25) is 5.02 Å². The summed E-state index contributed by atoms with van der Waals surface area (Å²) >= 11 is 6.08. The van der Waals surface area contributed by atoms with Gasteiger partial charge in [0.2, 0.25) is 11.8 Å². The molecule has 2 aromatic carbocycles. The third-order valence-electron chi connectivity index (χ3n) is 3.80. The highest BCUT2D eigenvalue weighted by molar-refractivity contribution is 6.32. The zero-order valence-corrected chi connectivity index (χ0v) is 15.3. The van der Waals surface area contributed by atoms with Crippen LogP contribution in [-0.2, 0) is 16.0 Å². The number of methoxy groups -OCH3 is 1. The van der Waals surface area contributed by atoms with E-state index >= 15 is 0 Å². The van der Waals surface area contributed by atoms with Crippen LogP contribution in [0.1, 0.15) is 12.5 Å². The molecule has 0 spiro atoms. The molecule has 7 heteroatoms. The number of carbonyl (C=O) groups excluding carboxylic acids is 2. The van der Waals surface area contributed by atoms with Gasteiger partial charge in [0.1, 0.15) is 18.1 Å². The van der Waals surface area contributed by atoms with Gasteiger partial charge in [-0.05, 0) is 36.2 Å². The Morgan fingerprint density at radius 2 is 1.96 bits per heavy atom. The predicted molar refractivity (Wildman–Crippen MR) is 99.1 cm³/mol. The van der Waals surface area contributed by atoms with E-state index in [1.54, 1.807) is 36.4 Å². The fourth-order valence-corrected chi connectivity index (χ4v) is 2.70. The lowest BCUT2D eigenvalue weighted by Crippen LogP contribution is -2.40. The molecule has 26 heavy (non-hydrogen) atoms. The van der Waals surface area contributed by atoms with Gasteiger partial charge in [-0.3, -0.25) is 9.59 Å². The number of benzene rings is 2. The summed E-state index contributed by atoms with van der Waals surface area (Å²) in [7, 11) is 1.49. The van der Waals surface area contributed by atoms with Crippen molar-refractivity contribution in [3.05, 3.63) is 58.9 Å². The van der Waals surface area contributed by atoms with Gasteiger partial charge in [0.25, 0.3) is 0 Å². The number of nitrogens with one attached hydrogen (secondary N) is 1. The van der Waals surface area contributed by atoms with E-state index in [1.807, 2.05) is 0 Å². The summed E-state index contributed by atoms with van der Waals surface area (Å²) in [6.07, 6.45) is 0.368. The molecule has 0 atom stereocenters.